The molecule has 1 aromatic rings. The van der Waals surface area contributed by atoms with Crippen LogP contribution in [0.5, 0.6) is 0 Å². The number of ether oxygens (including phenoxy) is 1. The molecule has 1 rings (SSSR count). The smallest absolute Gasteiger partial charge is 0.0863 e. The van der Waals surface area contributed by atoms with Crippen LogP contribution in [0.1, 0.15) is 36.5 Å². The third-order valence-corrected chi connectivity index (χ3v) is 3.97. The molecule has 0 radical (unpaired) electrons. The largest absolute Gasteiger partial charge is 0.390 e. The molecule has 0 fully saturated rings. The molecule has 108 valence electrons. The van der Waals surface area contributed by atoms with Crippen molar-refractivity contribution in [2.75, 3.05) is 19.0 Å². The fourth-order valence-corrected chi connectivity index (χ4v) is 2.87. The third-order valence-electron chi connectivity index (χ3n) is 2.81. The highest BCUT2D eigenvalue weighted by Gasteiger charge is 2.05. The van der Waals surface area contributed by atoms with E-state index < -0.39 is 0 Å². The Balaban J connectivity index is 2.18. The first-order valence-electron chi connectivity index (χ1n) is 7.02. The lowest BCUT2D eigenvalue weighted by molar-refractivity contribution is 0.0473. The molecule has 19 heavy (non-hydrogen) atoms. The van der Waals surface area contributed by atoms with Gasteiger partial charge in [0.15, 0.2) is 0 Å². The van der Waals surface area contributed by atoms with Crippen LogP contribution in [0.4, 0.5) is 0 Å². The van der Waals surface area contributed by atoms with E-state index in [2.05, 4.69) is 39.0 Å². The van der Waals surface area contributed by atoms with Gasteiger partial charge in [0.2, 0.25) is 0 Å². The summed E-state index contributed by atoms with van der Waals surface area (Å²) in [4.78, 5) is 0. The summed E-state index contributed by atoms with van der Waals surface area (Å²) in [6.07, 6.45) is 1.85. The molecule has 0 aromatic heterocycles. The maximum atomic E-state index is 9.79. The first-order valence-corrected chi connectivity index (χ1v) is 8.18. The first kappa shape index (κ1) is 16.5. The van der Waals surface area contributed by atoms with E-state index in [1.807, 2.05) is 0 Å². The van der Waals surface area contributed by atoms with Crippen molar-refractivity contribution in [3.63, 3.8) is 0 Å². The Morgan fingerprint density at radius 1 is 1.21 bits per heavy atom. The highest BCUT2D eigenvalue weighted by Crippen LogP contribution is 2.16. The number of benzene rings is 1. The fourth-order valence-electron chi connectivity index (χ4n) is 1.98. The van der Waals surface area contributed by atoms with Crippen LogP contribution in [0.25, 0.3) is 0 Å². The summed E-state index contributed by atoms with van der Waals surface area (Å²) in [5, 5.41) is 9.79. The van der Waals surface area contributed by atoms with E-state index in [0.29, 0.717) is 6.61 Å². The summed E-state index contributed by atoms with van der Waals surface area (Å²) in [5.74, 6) is 1.69. The molecule has 0 amide bonds. The lowest BCUT2D eigenvalue weighted by Gasteiger charge is -2.11. The Morgan fingerprint density at radius 2 is 1.89 bits per heavy atom. The topological polar surface area (TPSA) is 29.5 Å². The van der Waals surface area contributed by atoms with Gasteiger partial charge in [0.25, 0.3) is 0 Å². The van der Waals surface area contributed by atoms with E-state index in [0.717, 1.165) is 31.0 Å². The van der Waals surface area contributed by atoms with E-state index in [9.17, 15) is 5.11 Å². The Hall–Kier alpha value is -0.510. The Kier molecular flexibility index (Phi) is 8.19. The first-order chi connectivity index (χ1) is 9.11. The zero-order valence-electron chi connectivity index (χ0n) is 12.3. The van der Waals surface area contributed by atoms with E-state index in [1.165, 1.54) is 16.7 Å². The van der Waals surface area contributed by atoms with Crippen LogP contribution in [0.15, 0.2) is 18.2 Å². The van der Waals surface area contributed by atoms with Gasteiger partial charge in [0, 0.05) is 18.1 Å². The standard InChI is InChI=1S/C16H26O2S/c1-4-5-6-18-10-16(17)12-19-11-15-8-13(2)7-14(3)9-15/h7-9,16-17H,4-6,10-12H2,1-3H3. The third kappa shape index (κ3) is 7.61. The minimum Gasteiger partial charge on any atom is -0.390 e. The van der Waals surface area contributed by atoms with Gasteiger partial charge in [-0.3, -0.25) is 0 Å². The number of aliphatic hydroxyl groups excluding tert-OH is 1. The van der Waals surface area contributed by atoms with E-state index in [4.69, 9.17) is 4.74 Å². The van der Waals surface area contributed by atoms with Gasteiger partial charge in [-0.2, -0.15) is 11.8 Å². The predicted molar refractivity (Wildman–Crippen MR) is 83.8 cm³/mol. The molecule has 1 atom stereocenters. The molecule has 1 N–H and O–H groups in total. The zero-order valence-corrected chi connectivity index (χ0v) is 13.1. The fraction of sp³-hybridized carbons (Fsp3) is 0.625. The molecule has 0 saturated heterocycles. The maximum absolute atomic E-state index is 9.79. The number of aliphatic hydroxyl groups is 1. The van der Waals surface area contributed by atoms with Crippen molar-refractivity contribution in [2.45, 2.75) is 45.5 Å². The van der Waals surface area contributed by atoms with Gasteiger partial charge in [-0.25, -0.2) is 0 Å². The summed E-state index contributed by atoms with van der Waals surface area (Å²) >= 11 is 1.77. The number of thioether (sulfide) groups is 1. The lowest BCUT2D eigenvalue weighted by atomic mass is 10.1. The van der Waals surface area contributed by atoms with Crippen LogP contribution in [0, 0.1) is 13.8 Å². The van der Waals surface area contributed by atoms with Gasteiger partial charge in [-0.05, 0) is 25.8 Å². The SMILES string of the molecule is CCCCOCC(O)CSCc1cc(C)cc(C)c1. The van der Waals surface area contributed by atoms with Gasteiger partial charge >= 0.3 is 0 Å². The minimum absolute atomic E-state index is 0.354. The summed E-state index contributed by atoms with van der Waals surface area (Å²) in [5.41, 5.74) is 3.94. The van der Waals surface area contributed by atoms with Gasteiger partial charge in [0.05, 0.1) is 12.7 Å². The van der Waals surface area contributed by atoms with Gasteiger partial charge in [-0.1, -0.05) is 42.7 Å². The van der Waals surface area contributed by atoms with Crippen LogP contribution < -0.4 is 0 Å². The summed E-state index contributed by atoms with van der Waals surface area (Å²) in [6, 6.07) is 6.61. The molecule has 0 spiro atoms. The summed E-state index contributed by atoms with van der Waals surface area (Å²) in [6.45, 7) is 7.60. The zero-order chi connectivity index (χ0) is 14.1. The number of hydrogen-bond donors (Lipinski definition) is 1. The highest BCUT2D eigenvalue weighted by atomic mass is 32.2. The van der Waals surface area contributed by atoms with E-state index >= 15 is 0 Å². The molecule has 0 saturated carbocycles. The molecule has 0 heterocycles. The van der Waals surface area contributed by atoms with Crippen LogP contribution >= 0.6 is 11.8 Å². The van der Waals surface area contributed by atoms with Crippen molar-refractivity contribution in [3.05, 3.63) is 34.9 Å². The average molecular weight is 282 g/mol. The average Bonchev–Trinajstić information content (AvgIpc) is 2.33. The van der Waals surface area contributed by atoms with Crippen LogP contribution in [0.3, 0.4) is 0 Å². The van der Waals surface area contributed by atoms with Gasteiger partial charge in [0.1, 0.15) is 0 Å². The quantitative estimate of drug-likeness (QED) is 0.700. The molecule has 3 heteroatoms. The number of rotatable bonds is 9. The van der Waals surface area contributed by atoms with Crippen LogP contribution in [0.2, 0.25) is 0 Å². The lowest BCUT2D eigenvalue weighted by Crippen LogP contribution is -2.18. The molecule has 2 nitrogen and oxygen atoms in total. The van der Waals surface area contributed by atoms with Crippen LogP contribution in [-0.2, 0) is 10.5 Å². The second-order valence-electron chi connectivity index (χ2n) is 5.09. The number of unbranched alkanes of at least 4 members (excludes halogenated alkanes) is 1. The van der Waals surface area contributed by atoms with E-state index in [-0.39, 0.29) is 6.10 Å². The molecule has 0 aliphatic carbocycles. The maximum Gasteiger partial charge on any atom is 0.0863 e. The molecule has 1 aromatic carbocycles. The normalized spacial score (nSPS) is 12.6. The molecular formula is C16H26O2S. The Labute approximate surface area is 121 Å². The van der Waals surface area contributed by atoms with Crippen molar-refractivity contribution in [1.82, 2.24) is 0 Å². The molecule has 0 bridgehead atoms. The van der Waals surface area contributed by atoms with Crippen LogP contribution in [-0.4, -0.2) is 30.2 Å². The second-order valence-corrected chi connectivity index (χ2v) is 6.12. The number of hydrogen-bond acceptors (Lipinski definition) is 3. The van der Waals surface area contributed by atoms with Crippen molar-refractivity contribution < 1.29 is 9.84 Å². The summed E-state index contributed by atoms with van der Waals surface area (Å²) in [7, 11) is 0. The van der Waals surface area contributed by atoms with Gasteiger partial charge < -0.3 is 9.84 Å². The molecule has 1 unspecified atom stereocenters. The van der Waals surface area contributed by atoms with Crippen molar-refractivity contribution >= 4 is 11.8 Å². The molecule has 0 aliphatic heterocycles. The second kappa shape index (κ2) is 9.40. The minimum atomic E-state index is -0.354. The molecular weight excluding hydrogens is 256 g/mol. The Morgan fingerprint density at radius 3 is 2.53 bits per heavy atom. The van der Waals surface area contributed by atoms with E-state index in [1.54, 1.807) is 11.8 Å². The number of aryl methyl sites for hydroxylation is 2. The Bertz CT molecular complexity index is 346. The van der Waals surface area contributed by atoms with Crippen molar-refractivity contribution in [3.8, 4) is 0 Å². The van der Waals surface area contributed by atoms with Crippen molar-refractivity contribution in [1.29, 1.82) is 0 Å². The predicted octanol–water partition coefficient (Wildman–Crippen LogP) is 3.71. The summed E-state index contributed by atoms with van der Waals surface area (Å²) < 4.78 is 5.41. The van der Waals surface area contributed by atoms with Gasteiger partial charge in [-0.15, -0.1) is 0 Å². The molecule has 0 aliphatic rings. The highest BCUT2D eigenvalue weighted by molar-refractivity contribution is 7.98. The van der Waals surface area contributed by atoms with Crippen molar-refractivity contribution in [2.24, 2.45) is 0 Å². The monoisotopic (exact) mass is 282 g/mol.